The molecule has 3 rings (SSSR count). The maximum atomic E-state index is 5.80. The molecule has 0 saturated carbocycles. The number of aryl methyl sites for hydroxylation is 3. The largest absolute Gasteiger partial charge is 0.462 e. The number of hydrogen-bond acceptors (Lipinski definition) is 4. The van der Waals surface area contributed by atoms with Crippen molar-refractivity contribution in [2.75, 3.05) is 5.32 Å². The highest BCUT2D eigenvalue weighted by molar-refractivity contribution is 9.10. The van der Waals surface area contributed by atoms with Gasteiger partial charge in [0.15, 0.2) is 6.17 Å². The maximum absolute atomic E-state index is 5.80. The molecule has 0 unspecified atom stereocenters. The van der Waals surface area contributed by atoms with Gasteiger partial charge < -0.3 is 9.73 Å². The number of halogens is 1. The summed E-state index contributed by atoms with van der Waals surface area (Å²) in [6.45, 7) is 5.94. The highest BCUT2D eigenvalue weighted by Gasteiger charge is 2.20. The van der Waals surface area contributed by atoms with Crippen molar-refractivity contribution in [3.8, 4) is 0 Å². The van der Waals surface area contributed by atoms with Crippen LogP contribution in [-0.4, -0.2) is 14.8 Å². The summed E-state index contributed by atoms with van der Waals surface area (Å²) in [5.74, 6) is 2.43. The third-order valence-corrected chi connectivity index (χ3v) is 3.80. The first-order valence-corrected chi connectivity index (χ1v) is 7.79. The van der Waals surface area contributed by atoms with Crippen molar-refractivity contribution in [1.82, 2.24) is 14.8 Å². The van der Waals surface area contributed by atoms with Gasteiger partial charge in [0, 0.05) is 16.4 Å². The molecule has 1 N–H and O–H groups in total. The first-order valence-electron chi connectivity index (χ1n) is 7.00. The van der Waals surface area contributed by atoms with Crippen molar-refractivity contribution < 1.29 is 4.42 Å². The number of hydrogen-bond donors (Lipinski definition) is 1. The summed E-state index contributed by atoms with van der Waals surface area (Å²) in [6.07, 6.45) is 1.52. The second-order valence-electron chi connectivity index (χ2n) is 5.23. The molecule has 0 aliphatic rings. The first kappa shape index (κ1) is 14.8. The zero-order valence-electron chi connectivity index (χ0n) is 12.7. The second kappa shape index (κ2) is 5.96. The smallest absolute Gasteiger partial charge is 0.180 e. The molecule has 1 atom stereocenters. The molecule has 0 aromatic carbocycles. The minimum Gasteiger partial charge on any atom is -0.462 e. The molecule has 0 spiro atoms. The lowest BCUT2D eigenvalue weighted by Gasteiger charge is -2.19. The van der Waals surface area contributed by atoms with Crippen LogP contribution >= 0.6 is 15.9 Å². The summed E-state index contributed by atoms with van der Waals surface area (Å²) in [6, 6.07) is 9.81. The highest BCUT2D eigenvalue weighted by Crippen LogP contribution is 2.24. The lowest BCUT2D eigenvalue weighted by molar-refractivity contribution is 0.412. The fraction of sp³-hybridized carbons (Fsp3) is 0.250. The van der Waals surface area contributed by atoms with E-state index in [4.69, 9.17) is 4.42 Å². The summed E-state index contributed by atoms with van der Waals surface area (Å²) in [5, 5.41) is 7.95. The molecule has 3 heterocycles. The molecule has 114 valence electrons. The zero-order chi connectivity index (χ0) is 15.7. The normalized spacial score (nSPS) is 12.4. The van der Waals surface area contributed by atoms with E-state index in [2.05, 4.69) is 31.3 Å². The van der Waals surface area contributed by atoms with E-state index in [9.17, 15) is 0 Å². The minimum absolute atomic E-state index is 0.240. The first-order chi connectivity index (χ1) is 10.5. The summed E-state index contributed by atoms with van der Waals surface area (Å²) in [4.78, 5) is 4.37. The molecule has 0 aliphatic carbocycles. The Morgan fingerprint density at radius 1 is 1.18 bits per heavy atom. The molecule has 0 radical (unpaired) electrons. The summed E-state index contributed by atoms with van der Waals surface area (Å²) in [7, 11) is 0. The molecule has 5 nitrogen and oxygen atoms in total. The molecule has 0 bridgehead atoms. The van der Waals surface area contributed by atoms with Gasteiger partial charge in [0.2, 0.25) is 0 Å². The average molecular weight is 361 g/mol. The van der Waals surface area contributed by atoms with Gasteiger partial charge in [0.1, 0.15) is 17.3 Å². The number of rotatable bonds is 4. The molecule has 3 aromatic rings. The Kier molecular flexibility index (Phi) is 4.02. The van der Waals surface area contributed by atoms with Crippen LogP contribution in [-0.2, 0) is 0 Å². The van der Waals surface area contributed by atoms with Gasteiger partial charge >= 0.3 is 0 Å². The predicted molar refractivity (Wildman–Crippen MR) is 88.8 cm³/mol. The van der Waals surface area contributed by atoms with Gasteiger partial charge in [-0.2, -0.15) is 5.10 Å². The van der Waals surface area contributed by atoms with E-state index in [1.807, 2.05) is 55.8 Å². The van der Waals surface area contributed by atoms with E-state index >= 15 is 0 Å². The Bertz CT molecular complexity index is 776. The highest BCUT2D eigenvalue weighted by atomic mass is 79.9. The van der Waals surface area contributed by atoms with E-state index in [0.717, 1.165) is 33.2 Å². The molecule has 0 fully saturated rings. The third-order valence-electron chi connectivity index (χ3n) is 3.33. The van der Waals surface area contributed by atoms with Gasteiger partial charge in [0.25, 0.3) is 0 Å². The van der Waals surface area contributed by atoms with Crippen LogP contribution in [0.4, 0.5) is 5.82 Å². The van der Waals surface area contributed by atoms with Gasteiger partial charge in [-0.25, -0.2) is 9.67 Å². The van der Waals surface area contributed by atoms with E-state index in [0.29, 0.717) is 0 Å². The Labute approximate surface area is 137 Å². The number of anilines is 1. The van der Waals surface area contributed by atoms with E-state index < -0.39 is 0 Å². The molecular formula is C16H17BrN4O. The summed E-state index contributed by atoms with van der Waals surface area (Å²) >= 11 is 3.39. The van der Waals surface area contributed by atoms with Gasteiger partial charge in [-0.3, -0.25) is 0 Å². The van der Waals surface area contributed by atoms with Crippen molar-refractivity contribution in [3.05, 3.63) is 63.9 Å². The van der Waals surface area contributed by atoms with Crippen LogP contribution in [0.25, 0.3) is 0 Å². The monoisotopic (exact) mass is 360 g/mol. The number of pyridine rings is 1. The van der Waals surface area contributed by atoms with Crippen LogP contribution in [0.1, 0.15) is 29.1 Å². The number of aromatic nitrogens is 3. The van der Waals surface area contributed by atoms with E-state index in [-0.39, 0.29) is 6.17 Å². The molecule has 0 saturated heterocycles. The van der Waals surface area contributed by atoms with Crippen LogP contribution in [0, 0.1) is 20.8 Å². The fourth-order valence-electron chi connectivity index (χ4n) is 2.36. The van der Waals surface area contributed by atoms with Crippen molar-refractivity contribution in [2.45, 2.75) is 26.9 Å². The van der Waals surface area contributed by atoms with E-state index in [1.54, 1.807) is 6.20 Å². The van der Waals surface area contributed by atoms with Crippen LogP contribution in [0.15, 0.2) is 45.4 Å². The number of nitrogens with zero attached hydrogens (tertiary/aromatic N) is 3. The Morgan fingerprint density at radius 2 is 2.00 bits per heavy atom. The van der Waals surface area contributed by atoms with Crippen molar-refractivity contribution in [3.63, 3.8) is 0 Å². The van der Waals surface area contributed by atoms with Gasteiger partial charge in [-0.15, -0.1) is 0 Å². The van der Waals surface area contributed by atoms with Crippen LogP contribution in [0.3, 0.4) is 0 Å². The number of nitrogens with one attached hydrogen (secondary N) is 1. The second-order valence-corrected chi connectivity index (χ2v) is 6.14. The predicted octanol–water partition coefficient (Wildman–Crippen LogP) is 4.22. The summed E-state index contributed by atoms with van der Waals surface area (Å²) < 4.78 is 8.65. The zero-order valence-corrected chi connectivity index (χ0v) is 14.3. The quantitative estimate of drug-likeness (QED) is 0.756. The molecule has 3 aromatic heterocycles. The van der Waals surface area contributed by atoms with Crippen molar-refractivity contribution in [2.24, 2.45) is 0 Å². The number of furan rings is 1. The molecule has 22 heavy (non-hydrogen) atoms. The average Bonchev–Trinajstić information content (AvgIpc) is 3.04. The Morgan fingerprint density at radius 3 is 2.55 bits per heavy atom. The van der Waals surface area contributed by atoms with Crippen molar-refractivity contribution >= 4 is 21.7 Å². The lowest BCUT2D eigenvalue weighted by Crippen LogP contribution is -2.22. The lowest BCUT2D eigenvalue weighted by atomic mass is 10.3. The Hall–Kier alpha value is -2.08. The van der Waals surface area contributed by atoms with Gasteiger partial charge in [-0.05, 0) is 67.0 Å². The van der Waals surface area contributed by atoms with Crippen molar-refractivity contribution in [1.29, 1.82) is 0 Å². The van der Waals surface area contributed by atoms with Crippen LogP contribution < -0.4 is 5.32 Å². The van der Waals surface area contributed by atoms with Gasteiger partial charge in [-0.1, -0.05) is 0 Å². The van der Waals surface area contributed by atoms with Gasteiger partial charge in [0.05, 0.1) is 5.69 Å². The minimum atomic E-state index is -0.240. The third kappa shape index (κ3) is 3.06. The van der Waals surface area contributed by atoms with Crippen LogP contribution in [0.5, 0.6) is 0 Å². The molecule has 6 heteroatoms. The van der Waals surface area contributed by atoms with Crippen LogP contribution in [0.2, 0.25) is 0 Å². The maximum Gasteiger partial charge on any atom is 0.180 e. The standard InChI is InChI=1S/C16H17BrN4O/c1-10-8-11(2)21(20-10)16(14-6-4-12(3)22-14)19-15-7-5-13(17)9-18-15/h4-9,16H,1-3H3,(H,18,19)/t16-/m0/s1. The molecular weight excluding hydrogens is 344 g/mol. The van der Waals surface area contributed by atoms with E-state index in [1.165, 1.54) is 0 Å². The fourth-order valence-corrected chi connectivity index (χ4v) is 2.60. The summed E-state index contributed by atoms with van der Waals surface area (Å²) in [5.41, 5.74) is 2.03. The SMILES string of the molecule is Cc1cc(C)n([C@H](Nc2ccc(Br)cn2)c2ccc(C)o2)n1. The molecule has 0 aliphatic heterocycles. The molecule has 0 amide bonds. The topological polar surface area (TPSA) is 55.9 Å². The Balaban J connectivity index is 1.99.